The molecule has 0 aromatic rings. The average Bonchev–Trinajstić information content (AvgIpc) is 2.24. The first-order chi connectivity index (χ1) is 7.87. The first kappa shape index (κ1) is 16.3. The van der Waals surface area contributed by atoms with E-state index in [0.717, 1.165) is 11.5 Å². The molecule has 0 saturated carbocycles. The summed E-state index contributed by atoms with van der Waals surface area (Å²) >= 11 is 1.63. The van der Waals surface area contributed by atoms with Crippen LogP contribution in [0.25, 0.3) is 0 Å². The van der Waals surface area contributed by atoms with Crippen molar-refractivity contribution >= 4 is 17.7 Å². The van der Waals surface area contributed by atoms with Gasteiger partial charge in [0.25, 0.3) is 0 Å². The van der Waals surface area contributed by atoms with Crippen molar-refractivity contribution < 1.29 is 18.0 Å². The van der Waals surface area contributed by atoms with Crippen LogP contribution >= 0.6 is 11.8 Å². The maximum absolute atomic E-state index is 11.8. The van der Waals surface area contributed by atoms with Crippen LogP contribution in [0.3, 0.4) is 0 Å². The Morgan fingerprint density at radius 2 is 2.18 bits per heavy atom. The fourth-order valence-corrected chi connectivity index (χ4v) is 1.54. The Hall–Kier alpha value is -0.690. The van der Waals surface area contributed by atoms with Crippen LogP contribution < -0.4 is 10.6 Å². The van der Waals surface area contributed by atoms with Crippen LogP contribution in [-0.2, 0) is 4.79 Å². The Morgan fingerprint density at radius 3 is 2.71 bits per heavy atom. The maximum atomic E-state index is 11.8. The molecule has 0 aliphatic heterocycles. The highest BCUT2D eigenvalue weighted by Gasteiger charge is 2.28. The number of carbonyl (C=O) groups excluding carboxylic acids is 1. The Balaban J connectivity index is 3.64. The van der Waals surface area contributed by atoms with Gasteiger partial charge in [-0.05, 0) is 6.92 Å². The number of alkyl halides is 3. The van der Waals surface area contributed by atoms with E-state index in [4.69, 9.17) is 0 Å². The molecule has 0 saturated heterocycles. The van der Waals surface area contributed by atoms with E-state index in [1.54, 1.807) is 17.8 Å². The van der Waals surface area contributed by atoms with Crippen LogP contribution in [-0.4, -0.2) is 42.7 Å². The lowest BCUT2D eigenvalue weighted by Crippen LogP contribution is -2.45. The third kappa shape index (κ3) is 10.2. The number of carbonyl (C=O) groups is 1. The van der Waals surface area contributed by atoms with Crippen LogP contribution in [0.15, 0.2) is 12.7 Å². The minimum atomic E-state index is -4.37. The van der Waals surface area contributed by atoms with Gasteiger partial charge in [0.1, 0.15) is 6.54 Å². The minimum Gasteiger partial charge on any atom is -0.346 e. The van der Waals surface area contributed by atoms with Crippen LogP contribution in [0.2, 0.25) is 0 Å². The van der Waals surface area contributed by atoms with Gasteiger partial charge in [0.05, 0.1) is 6.04 Å². The highest BCUT2D eigenvalue weighted by atomic mass is 32.2. The lowest BCUT2D eigenvalue weighted by Gasteiger charge is -2.14. The topological polar surface area (TPSA) is 41.1 Å². The fraction of sp³-hybridized carbons (Fsp3) is 0.700. The molecule has 0 aliphatic rings. The van der Waals surface area contributed by atoms with E-state index < -0.39 is 24.7 Å². The zero-order chi connectivity index (χ0) is 13.3. The summed E-state index contributed by atoms with van der Waals surface area (Å²) in [7, 11) is 0. The lowest BCUT2D eigenvalue weighted by molar-refractivity contribution is -0.139. The summed E-state index contributed by atoms with van der Waals surface area (Å²) in [4.78, 5) is 11.2. The van der Waals surface area contributed by atoms with Gasteiger partial charge in [-0.25, -0.2) is 0 Å². The van der Waals surface area contributed by atoms with Gasteiger partial charge in [0.2, 0.25) is 5.91 Å². The Bertz CT molecular complexity index is 246. The van der Waals surface area contributed by atoms with E-state index in [2.05, 4.69) is 11.9 Å². The Labute approximate surface area is 103 Å². The molecule has 2 N–H and O–H groups in total. The number of amides is 1. The molecule has 0 aromatic carbocycles. The molecule has 0 rings (SSSR count). The highest BCUT2D eigenvalue weighted by Crippen LogP contribution is 2.12. The van der Waals surface area contributed by atoms with Crippen LogP contribution in [0.1, 0.15) is 6.92 Å². The molecule has 1 atom stereocenters. The van der Waals surface area contributed by atoms with E-state index in [1.165, 1.54) is 6.92 Å². The zero-order valence-corrected chi connectivity index (χ0v) is 10.5. The molecule has 0 fully saturated rings. The number of thioether (sulfide) groups is 1. The molecule has 3 nitrogen and oxygen atoms in total. The summed E-state index contributed by atoms with van der Waals surface area (Å²) in [6.45, 7) is 4.37. The zero-order valence-electron chi connectivity index (χ0n) is 9.64. The third-order valence-corrected chi connectivity index (χ3v) is 2.75. The predicted molar refractivity (Wildman–Crippen MR) is 64.1 cm³/mol. The molecule has 0 radical (unpaired) electrons. The largest absolute Gasteiger partial charge is 0.405 e. The molecule has 0 heterocycles. The molecular formula is C10H17F3N2OS. The van der Waals surface area contributed by atoms with Crippen molar-refractivity contribution in [3.8, 4) is 0 Å². The second-order valence-electron chi connectivity index (χ2n) is 3.37. The van der Waals surface area contributed by atoms with E-state index in [0.29, 0.717) is 6.54 Å². The van der Waals surface area contributed by atoms with E-state index in [1.807, 2.05) is 5.32 Å². The monoisotopic (exact) mass is 270 g/mol. The van der Waals surface area contributed by atoms with Gasteiger partial charge in [-0.15, -0.1) is 6.58 Å². The summed E-state index contributed by atoms with van der Waals surface area (Å²) < 4.78 is 35.5. The Morgan fingerprint density at radius 1 is 1.53 bits per heavy atom. The van der Waals surface area contributed by atoms with Crippen LogP contribution in [0, 0.1) is 0 Å². The second kappa shape index (κ2) is 8.41. The molecule has 0 spiro atoms. The summed E-state index contributed by atoms with van der Waals surface area (Å²) in [6, 6.07) is -0.623. The summed E-state index contributed by atoms with van der Waals surface area (Å²) in [5, 5.41) is 4.67. The van der Waals surface area contributed by atoms with Gasteiger partial charge in [0, 0.05) is 18.1 Å². The second-order valence-corrected chi connectivity index (χ2v) is 4.52. The normalized spacial score (nSPS) is 13.2. The molecule has 1 unspecified atom stereocenters. The van der Waals surface area contributed by atoms with E-state index in [9.17, 15) is 18.0 Å². The standard InChI is InChI=1S/C10H17F3N2OS/c1-3-5-17-6-4-14-8(2)9(16)15-7-10(11,12)13/h3,8,14H,1,4-7H2,2H3,(H,15,16). The average molecular weight is 270 g/mol. The van der Waals surface area contributed by atoms with Gasteiger partial charge >= 0.3 is 6.18 Å². The molecule has 0 aromatic heterocycles. The first-order valence-electron chi connectivity index (χ1n) is 5.13. The maximum Gasteiger partial charge on any atom is 0.405 e. The van der Waals surface area contributed by atoms with Gasteiger partial charge in [-0.1, -0.05) is 6.08 Å². The molecule has 100 valence electrons. The number of rotatable bonds is 8. The van der Waals surface area contributed by atoms with Gasteiger partial charge in [-0.3, -0.25) is 4.79 Å². The van der Waals surface area contributed by atoms with Gasteiger partial charge in [0.15, 0.2) is 0 Å². The van der Waals surface area contributed by atoms with E-state index >= 15 is 0 Å². The predicted octanol–water partition coefficient (Wildman–Crippen LogP) is 1.56. The quantitative estimate of drug-likeness (QED) is 0.519. The molecular weight excluding hydrogens is 253 g/mol. The first-order valence-corrected chi connectivity index (χ1v) is 6.28. The Kier molecular flexibility index (Phi) is 8.07. The van der Waals surface area contributed by atoms with E-state index in [-0.39, 0.29) is 0 Å². The van der Waals surface area contributed by atoms with Crippen LogP contribution in [0.5, 0.6) is 0 Å². The van der Waals surface area contributed by atoms with Gasteiger partial charge < -0.3 is 10.6 Å². The van der Waals surface area contributed by atoms with Crippen molar-refractivity contribution in [3.63, 3.8) is 0 Å². The minimum absolute atomic E-state index is 0.569. The molecule has 17 heavy (non-hydrogen) atoms. The SMILES string of the molecule is C=CCSCCNC(C)C(=O)NCC(F)(F)F. The summed E-state index contributed by atoms with van der Waals surface area (Å²) in [6.07, 6.45) is -2.60. The number of hydrogen-bond donors (Lipinski definition) is 2. The van der Waals surface area contributed by atoms with Crippen molar-refractivity contribution in [1.29, 1.82) is 0 Å². The lowest BCUT2D eigenvalue weighted by atomic mass is 10.3. The fourth-order valence-electron chi connectivity index (χ4n) is 0.947. The summed E-state index contributed by atoms with van der Waals surface area (Å²) in [5.41, 5.74) is 0. The van der Waals surface area contributed by atoms with Crippen molar-refractivity contribution in [2.45, 2.75) is 19.1 Å². The number of nitrogens with one attached hydrogen (secondary N) is 2. The smallest absolute Gasteiger partial charge is 0.346 e. The van der Waals surface area contributed by atoms with Gasteiger partial charge in [-0.2, -0.15) is 24.9 Å². The molecule has 0 aliphatic carbocycles. The molecule has 0 bridgehead atoms. The summed E-state index contributed by atoms with van der Waals surface area (Å²) in [5.74, 6) is 0.954. The number of halogens is 3. The van der Waals surface area contributed by atoms with Crippen molar-refractivity contribution in [2.24, 2.45) is 0 Å². The van der Waals surface area contributed by atoms with Crippen molar-refractivity contribution in [2.75, 3.05) is 24.6 Å². The van der Waals surface area contributed by atoms with Crippen LogP contribution in [0.4, 0.5) is 13.2 Å². The number of hydrogen-bond acceptors (Lipinski definition) is 3. The third-order valence-electron chi connectivity index (χ3n) is 1.79. The molecule has 7 heteroatoms. The highest BCUT2D eigenvalue weighted by molar-refractivity contribution is 7.99. The van der Waals surface area contributed by atoms with Crippen molar-refractivity contribution in [1.82, 2.24) is 10.6 Å². The van der Waals surface area contributed by atoms with Crippen molar-refractivity contribution in [3.05, 3.63) is 12.7 Å². The molecule has 1 amide bonds.